The van der Waals surface area contributed by atoms with Gasteiger partial charge in [0.05, 0.1) is 0 Å². The third kappa shape index (κ3) is 1.73. The molecule has 0 amide bonds. The van der Waals surface area contributed by atoms with E-state index in [1.807, 2.05) is 17.8 Å². The van der Waals surface area contributed by atoms with Crippen molar-refractivity contribution in [2.45, 2.75) is 6.04 Å². The van der Waals surface area contributed by atoms with Gasteiger partial charge >= 0.3 is 0 Å². The van der Waals surface area contributed by atoms with Crippen LogP contribution in [0.1, 0.15) is 17.4 Å². The molecule has 3 rings (SSSR count). The van der Waals surface area contributed by atoms with Gasteiger partial charge in [-0.2, -0.15) is 0 Å². The number of hydrogen-bond donors (Lipinski definition) is 2. The summed E-state index contributed by atoms with van der Waals surface area (Å²) in [6.45, 7) is 0. The SMILES string of the molecule is Cn1ccnc1C(NN)c1cccc2ccsc12. The largest absolute Gasteiger partial charge is 0.336 e. The first-order chi connectivity index (χ1) is 8.81. The average Bonchev–Trinajstić information content (AvgIpc) is 3.00. The number of hydrazine groups is 1. The predicted molar refractivity (Wildman–Crippen MR) is 74.2 cm³/mol. The van der Waals surface area contributed by atoms with Crippen LogP contribution in [-0.4, -0.2) is 9.55 Å². The van der Waals surface area contributed by atoms with Gasteiger partial charge in [0.25, 0.3) is 0 Å². The fourth-order valence-electron chi connectivity index (χ4n) is 2.20. The molecule has 18 heavy (non-hydrogen) atoms. The highest BCUT2D eigenvalue weighted by Crippen LogP contribution is 2.31. The quantitative estimate of drug-likeness (QED) is 0.559. The normalized spacial score (nSPS) is 13.0. The average molecular weight is 258 g/mol. The van der Waals surface area contributed by atoms with Crippen molar-refractivity contribution in [3.63, 3.8) is 0 Å². The molecule has 2 aromatic heterocycles. The van der Waals surface area contributed by atoms with Crippen LogP contribution in [0.5, 0.6) is 0 Å². The van der Waals surface area contributed by atoms with E-state index in [4.69, 9.17) is 5.84 Å². The summed E-state index contributed by atoms with van der Waals surface area (Å²) >= 11 is 1.73. The van der Waals surface area contributed by atoms with Crippen LogP contribution in [0.4, 0.5) is 0 Å². The van der Waals surface area contributed by atoms with E-state index in [2.05, 4.69) is 40.1 Å². The molecule has 3 aromatic rings. The van der Waals surface area contributed by atoms with Crippen LogP contribution >= 0.6 is 11.3 Å². The fourth-order valence-corrected chi connectivity index (χ4v) is 3.15. The van der Waals surface area contributed by atoms with Gasteiger partial charge in [-0.1, -0.05) is 18.2 Å². The summed E-state index contributed by atoms with van der Waals surface area (Å²) in [5.74, 6) is 6.64. The second-order valence-corrected chi connectivity index (χ2v) is 5.10. The summed E-state index contributed by atoms with van der Waals surface area (Å²) < 4.78 is 3.24. The van der Waals surface area contributed by atoms with Crippen molar-refractivity contribution in [2.75, 3.05) is 0 Å². The second-order valence-electron chi connectivity index (χ2n) is 4.18. The standard InChI is InChI=1S/C13H14N4S/c1-17-7-6-15-13(17)11(16-14)10-4-2-3-9-5-8-18-12(9)10/h2-8,11,16H,14H2,1H3. The number of imidazole rings is 1. The van der Waals surface area contributed by atoms with Crippen molar-refractivity contribution in [1.29, 1.82) is 0 Å². The molecule has 0 spiro atoms. The monoisotopic (exact) mass is 258 g/mol. The maximum atomic E-state index is 5.73. The van der Waals surface area contributed by atoms with E-state index in [0.717, 1.165) is 5.82 Å². The number of benzene rings is 1. The lowest BCUT2D eigenvalue weighted by Crippen LogP contribution is -2.30. The molecule has 1 atom stereocenters. The van der Waals surface area contributed by atoms with Crippen molar-refractivity contribution >= 4 is 21.4 Å². The zero-order valence-corrected chi connectivity index (χ0v) is 10.8. The van der Waals surface area contributed by atoms with E-state index in [-0.39, 0.29) is 6.04 Å². The molecule has 92 valence electrons. The van der Waals surface area contributed by atoms with Gasteiger partial charge in [0.2, 0.25) is 0 Å². The fraction of sp³-hybridized carbons (Fsp3) is 0.154. The summed E-state index contributed by atoms with van der Waals surface area (Å²) in [7, 11) is 1.97. The van der Waals surface area contributed by atoms with Crippen LogP contribution in [0.2, 0.25) is 0 Å². The first kappa shape index (κ1) is 11.4. The number of fused-ring (bicyclic) bond motifs is 1. The number of nitrogens with zero attached hydrogens (tertiary/aromatic N) is 2. The Labute approximate surface area is 109 Å². The van der Waals surface area contributed by atoms with Gasteiger partial charge in [0, 0.05) is 24.1 Å². The van der Waals surface area contributed by atoms with Crippen molar-refractivity contribution < 1.29 is 0 Å². The molecule has 0 bridgehead atoms. The molecular weight excluding hydrogens is 244 g/mol. The molecule has 4 nitrogen and oxygen atoms in total. The Morgan fingerprint density at radius 2 is 2.28 bits per heavy atom. The third-order valence-corrected chi connectivity index (χ3v) is 4.08. The minimum Gasteiger partial charge on any atom is -0.336 e. The zero-order chi connectivity index (χ0) is 12.5. The van der Waals surface area contributed by atoms with Crippen LogP contribution in [0.3, 0.4) is 0 Å². The van der Waals surface area contributed by atoms with Crippen molar-refractivity contribution in [1.82, 2.24) is 15.0 Å². The number of thiophene rings is 1. The predicted octanol–water partition coefficient (Wildman–Crippen LogP) is 2.19. The van der Waals surface area contributed by atoms with Gasteiger partial charge in [-0.05, 0) is 22.4 Å². The van der Waals surface area contributed by atoms with Crippen LogP contribution in [0.25, 0.3) is 10.1 Å². The molecule has 0 aliphatic heterocycles. The summed E-state index contributed by atoms with van der Waals surface area (Å²) in [6.07, 6.45) is 3.71. The molecule has 0 aliphatic rings. The molecular formula is C13H14N4S. The van der Waals surface area contributed by atoms with Gasteiger partial charge in [-0.15, -0.1) is 11.3 Å². The molecule has 1 aromatic carbocycles. The number of aromatic nitrogens is 2. The van der Waals surface area contributed by atoms with Crippen LogP contribution in [0, 0.1) is 0 Å². The minimum absolute atomic E-state index is 0.0904. The number of aryl methyl sites for hydroxylation is 1. The molecule has 0 aliphatic carbocycles. The molecule has 5 heteroatoms. The lowest BCUT2D eigenvalue weighted by atomic mass is 10.1. The van der Waals surface area contributed by atoms with E-state index >= 15 is 0 Å². The molecule has 0 saturated carbocycles. The van der Waals surface area contributed by atoms with E-state index < -0.39 is 0 Å². The number of nitrogens with two attached hydrogens (primary N) is 1. The topological polar surface area (TPSA) is 55.9 Å². The Hall–Kier alpha value is -1.69. The van der Waals surface area contributed by atoms with Crippen molar-refractivity contribution in [3.05, 3.63) is 53.4 Å². The highest BCUT2D eigenvalue weighted by molar-refractivity contribution is 7.17. The highest BCUT2D eigenvalue weighted by atomic mass is 32.1. The highest BCUT2D eigenvalue weighted by Gasteiger charge is 2.19. The molecule has 0 saturated heterocycles. The molecule has 3 N–H and O–H groups in total. The number of nitrogens with one attached hydrogen (secondary N) is 1. The van der Waals surface area contributed by atoms with Crippen LogP contribution in [-0.2, 0) is 7.05 Å². The molecule has 0 radical (unpaired) electrons. The summed E-state index contributed by atoms with van der Waals surface area (Å²) in [5.41, 5.74) is 4.03. The smallest absolute Gasteiger partial charge is 0.131 e. The van der Waals surface area contributed by atoms with E-state index in [1.165, 1.54) is 15.6 Å². The minimum atomic E-state index is -0.0904. The Morgan fingerprint density at radius 1 is 1.39 bits per heavy atom. The van der Waals surface area contributed by atoms with Crippen LogP contribution in [0.15, 0.2) is 42.0 Å². The molecule has 2 heterocycles. The summed E-state index contributed by atoms with van der Waals surface area (Å²) in [4.78, 5) is 4.38. The first-order valence-corrected chi connectivity index (χ1v) is 6.58. The van der Waals surface area contributed by atoms with Gasteiger partial charge in [-0.25, -0.2) is 10.4 Å². The van der Waals surface area contributed by atoms with Crippen molar-refractivity contribution in [2.24, 2.45) is 12.9 Å². The Balaban J connectivity index is 2.17. The van der Waals surface area contributed by atoms with Gasteiger partial charge in [-0.3, -0.25) is 5.84 Å². The lowest BCUT2D eigenvalue weighted by Gasteiger charge is -2.17. The zero-order valence-electron chi connectivity index (χ0n) is 10.00. The maximum Gasteiger partial charge on any atom is 0.131 e. The third-order valence-electron chi connectivity index (χ3n) is 3.10. The first-order valence-electron chi connectivity index (χ1n) is 5.70. The number of rotatable bonds is 3. The lowest BCUT2D eigenvalue weighted by molar-refractivity contribution is 0.584. The maximum absolute atomic E-state index is 5.73. The Morgan fingerprint density at radius 3 is 3.00 bits per heavy atom. The van der Waals surface area contributed by atoms with Gasteiger partial charge in [0.1, 0.15) is 11.9 Å². The van der Waals surface area contributed by atoms with Gasteiger partial charge in [0.15, 0.2) is 0 Å². The Bertz CT molecular complexity index is 670. The second kappa shape index (κ2) is 4.53. The molecule has 0 fully saturated rings. The Kier molecular flexibility index (Phi) is 2.87. The van der Waals surface area contributed by atoms with E-state index in [9.17, 15) is 0 Å². The van der Waals surface area contributed by atoms with Crippen LogP contribution < -0.4 is 11.3 Å². The molecule has 1 unspecified atom stereocenters. The van der Waals surface area contributed by atoms with E-state index in [1.54, 1.807) is 17.5 Å². The van der Waals surface area contributed by atoms with Gasteiger partial charge < -0.3 is 4.57 Å². The summed E-state index contributed by atoms with van der Waals surface area (Å²) in [5, 5.41) is 3.34. The number of hydrogen-bond acceptors (Lipinski definition) is 4. The van der Waals surface area contributed by atoms with Crippen molar-refractivity contribution in [3.8, 4) is 0 Å². The van der Waals surface area contributed by atoms with E-state index in [0.29, 0.717) is 0 Å². The summed E-state index contributed by atoms with van der Waals surface area (Å²) in [6, 6.07) is 8.29.